The summed E-state index contributed by atoms with van der Waals surface area (Å²) >= 11 is 0. The maximum atomic E-state index is 10.2. The molecule has 0 unspecified atom stereocenters. The first kappa shape index (κ1) is 10.9. The van der Waals surface area contributed by atoms with E-state index in [9.17, 15) is 4.79 Å². The first-order chi connectivity index (χ1) is 5.68. The average molecular weight is 172 g/mol. The van der Waals surface area contributed by atoms with Crippen molar-refractivity contribution in [2.24, 2.45) is 5.10 Å². The molecule has 0 aliphatic rings. The number of carboxylic acid groups (broad SMARTS) is 1. The van der Waals surface area contributed by atoms with Crippen molar-refractivity contribution in [3.05, 3.63) is 0 Å². The van der Waals surface area contributed by atoms with Gasteiger partial charge in [-0.15, -0.1) is 0 Å². The minimum absolute atomic E-state index is 0.103. The van der Waals surface area contributed by atoms with E-state index in [0.29, 0.717) is 0 Å². The van der Waals surface area contributed by atoms with Gasteiger partial charge in [-0.1, -0.05) is 19.8 Å². The standard InChI is InChI=1S/C8H16N2O2/c1-3-4-5-6-9-10-7(2)8(11)12/h9H,3-6H2,1-2H3,(H,11,12). The SMILES string of the molecule is CCCCCNN=C(C)C(=O)O. The molecule has 0 fully saturated rings. The van der Waals surface area contributed by atoms with Crippen LogP contribution in [0.25, 0.3) is 0 Å². The molecule has 0 aliphatic heterocycles. The molecule has 0 saturated heterocycles. The Morgan fingerprint density at radius 2 is 2.17 bits per heavy atom. The molecule has 0 rings (SSSR count). The molecule has 4 nitrogen and oxygen atoms in total. The summed E-state index contributed by atoms with van der Waals surface area (Å²) in [5.74, 6) is -0.974. The lowest BCUT2D eigenvalue weighted by molar-refractivity contribution is -0.129. The van der Waals surface area contributed by atoms with Crippen LogP contribution in [0.3, 0.4) is 0 Å². The van der Waals surface area contributed by atoms with Gasteiger partial charge in [0.1, 0.15) is 5.71 Å². The Hall–Kier alpha value is -1.06. The second-order valence-electron chi connectivity index (χ2n) is 2.62. The van der Waals surface area contributed by atoms with Crippen LogP contribution < -0.4 is 5.43 Å². The highest BCUT2D eigenvalue weighted by Crippen LogP contribution is 1.90. The maximum Gasteiger partial charge on any atom is 0.351 e. The average Bonchev–Trinajstić information content (AvgIpc) is 2.03. The van der Waals surface area contributed by atoms with Gasteiger partial charge in [-0.05, 0) is 13.3 Å². The summed E-state index contributed by atoms with van der Waals surface area (Å²) in [6.07, 6.45) is 3.34. The molecule has 0 radical (unpaired) electrons. The fraction of sp³-hybridized carbons (Fsp3) is 0.750. The molecule has 12 heavy (non-hydrogen) atoms. The van der Waals surface area contributed by atoms with Gasteiger partial charge in [0, 0.05) is 6.54 Å². The maximum absolute atomic E-state index is 10.2. The summed E-state index contributed by atoms with van der Waals surface area (Å²) in [6, 6.07) is 0. The van der Waals surface area contributed by atoms with Crippen molar-refractivity contribution in [3.8, 4) is 0 Å². The van der Waals surface area contributed by atoms with Crippen LogP contribution in [0.2, 0.25) is 0 Å². The van der Waals surface area contributed by atoms with Gasteiger partial charge in [0.2, 0.25) is 0 Å². The number of carbonyl (C=O) groups is 1. The number of aliphatic carboxylic acids is 1. The van der Waals surface area contributed by atoms with Crippen LogP contribution in [0.5, 0.6) is 0 Å². The molecule has 0 aliphatic carbocycles. The highest BCUT2D eigenvalue weighted by molar-refractivity contribution is 6.34. The Morgan fingerprint density at radius 1 is 1.50 bits per heavy atom. The third-order valence-corrected chi connectivity index (χ3v) is 1.45. The number of hydrazone groups is 1. The summed E-state index contributed by atoms with van der Waals surface area (Å²) in [7, 11) is 0. The van der Waals surface area contributed by atoms with E-state index in [1.807, 2.05) is 0 Å². The van der Waals surface area contributed by atoms with Crippen molar-refractivity contribution in [2.75, 3.05) is 6.54 Å². The van der Waals surface area contributed by atoms with Crippen molar-refractivity contribution in [2.45, 2.75) is 33.1 Å². The molecule has 2 N–H and O–H groups in total. The fourth-order valence-electron chi connectivity index (χ4n) is 0.676. The van der Waals surface area contributed by atoms with Gasteiger partial charge in [0.05, 0.1) is 0 Å². The van der Waals surface area contributed by atoms with Crippen molar-refractivity contribution in [1.29, 1.82) is 0 Å². The Kier molecular flexibility index (Phi) is 6.05. The first-order valence-corrected chi connectivity index (χ1v) is 4.19. The van der Waals surface area contributed by atoms with Crippen molar-refractivity contribution in [3.63, 3.8) is 0 Å². The Balaban J connectivity index is 3.40. The predicted octanol–water partition coefficient (Wildman–Crippen LogP) is 1.23. The number of rotatable bonds is 6. The van der Waals surface area contributed by atoms with Crippen molar-refractivity contribution >= 4 is 11.7 Å². The van der Waals surface area contributed by atoms with E-state index in [2.05, 4.69) is 17.5 Å². The Bertz CT molecular complexity index is 166. The molecule has 0 aromatic carbocycles. The van der Waals surface area contributed by atoms with Gasteiger partial charge >= 0.3 is 5.97 Å². The minimum atomic E-state index is -0.974. The minimum Gasteiger partial charge on any atom is -0.477 e. The molecule has 0 amide bonds. The smallest absolute Gasteiger partial charge is 0.351 e. The van der Waals surface area contributed by atoms with E-state index in [0.717, 1.165) is 25.8 Å². The third kappa shape index (κ3) is 5.70. The predicted molar refractivity (Wildman–Crippen MR) is 48.3 cm³/mol. The molecule has 0 spiro atoms. The van der Waals surface area contributed by atoms with Gasteiger partial charge < -0.3 is 10.5 Å². The first-order valence-electron chi connectivity index (χ1n) is 4.19. The van der Waals surface area contributed by atoms with Gasteiger partial charge in [-0.3, -0.25) is 0 Å². The zero-order valence-corrected chi connectivity index (χ0v) is 7.63. The van der Waals surface area contributed by atoms with Gasteiger partial charge in [-0.2, -0.15) is 5.10 Å². The largest absolute Gasteiger partial charge is 0.477 e. The summed E-state index contributed by atoms with van der Waals surface area (Å²) in [4.78, 5) is 10.2. The second-order valence-corrected chi connectivity index (χ2v) is 2.62. The van der Waals surface area contributed by atoms with Gasteiger partial charge in [-0.25, -0.2) is 4.79 Å². The van der Waals surface area contributed by atoms with Crippen LogP contribution in [0, 0.1) is 0 Å². The number of nitrogens with zero attached hydrogens (tertiary/aromatic N) is 1. The normalized spacial score (nSPS) is 11.3. The van der Waals surface area contributed by atoms with Crippen LogP contribution in [0.15, 0.2) is 5.10 Å². The molecule has 0 atom stereocenters. The summed E-state index contributed by atoms with van der Waals surface area (Å²) in [5.41, 5.74) is 2.81. The van der Waals surface area contributed by atoms with E-state index in [1.54, 1.807) is 0 Å². The monoisotopic (exact) mass is 172 g/mol. The highest BCUT2D eigenvalue weighted by atomic mass is 16.4. The molecule has 0 heterocycles. The van der Waals surface area contributed by atoms with Crippen molar-refractivity contribution in [1.82, 2.24) is 5.43 Å². The molecule has 70 valence electrons. The van der Waals surface area contributed by atoms with Gasteiger partial charge in [0.15, 0.2) is 0 Å². The summed E-state index contributed by atoms with van der Waals surface area (Å²) in [5, 5.41) is 12.1. The van der Waals surface area contributed by atoms with Gasteiger partial charge in [0.25, 0.3) is 0 Å². The van der Waals surface area contributed by atoms with Crippen LogP contribution in [0.4, 0.5) is 0 Å². The third-order valence-electron chi connectivity index (χ3n) is 1.45. The Morgan fingerprint density at radius 3 is 2.67 bits per heavy atom. The van der Waals surface area contributed by atoms with Crippen LogP contribution >= 0.6 is 0 Å². The van der Waals surface area contributed by atoms with Crippen LogP contribution in [-0.4, -0.2) is 23.3 Å². The molecule has 0 saturated carbocycles. The molecule has 0 bridgehead atoms. The van der Waals surface area contributed by atoms with E-state index in [1.165, 1.54) is 6.92 Å². The Labute approximate surface area is 72.7 Å². The number of hydrogen-bond acceptors (Lipinski definition) is 3. The van der Waals surface area contributed by atoms with Crippen molar-refractivity contribution < 1.29 is 9.90 Å². The van der Waals surface area contributed by atoms with E-state index < -0.39 is 5.97 Å². The zero-order valence-electron chi connectivity index (χ0n) is 7.63. The van der Waals surface area contributed by atoms with Crippen LogP contribution in [0.1, 0.15) is 33.1 Å². The van der Waals surface area contributed by atoms with E-state index in [4.69, 9.17) is 5.11 Å². The zero-order chi connectivity index (χ0) is 9.40. The van der Waals surface area contributed by atoms with E-state index in [-0.39, 0.29) is 5.71 Å². The molecule has 4 heteroatoms. The lowest BCUT2D eigenvalue weighted by Crippen LogP contribution is -2.15. The van der Waals surface area contributed by atoms with E-state index >= 15 is 0 Å². The number of carboxylic acids is 1. The summed E-state index contributed by atoms with van der Waals surface area (Å²) in [6.45, 7) is 4.33. The molecular formula is C8H16N2O2. The lowest BCUT2D eigenvalue weighted by Gasteiger charge is -1.99. The second kappa shape index (κ2) is 6.64. The number of hydrogen-bond donors (Lipinski definition) is 2. The number of nitrogens with one attached hydrogen (secondary N) is 1. The summed E-state index contributed by atoms with van der Waals surface area (Å²) < 4.78 is 0. The molecule has 0 aromatic rings. The number of unbranched alkanes of at least 4 members (excludes halogenated alkanes) is 2. The molecule has 0 aromatic heterocycles. The lowest BCUT2D eigenvalue weighted by atomic mass is 10.2. The quantitative estimate of drug-likeness (QED) is 0.360. The fourth-order valence-corrected chi connectivity index (χ4v) is 0.676. The molecular weight excluding hydrogens is 156 g/mol. The highest BCUT2D eigenvalue weighted by Gasteiger charge is 1.99. The van der Waals surface area contributed by atoms with Crippen LogP contribution in [-0.2, 0) is 4.79 Å². The topological polar surface area (TPSA) is 61.7 Å².